The van der Waals surface area contributed by atoms with Gasteiger partial charge in [0, 0.05) is 0 Å². The molecule has 0 unspecified atom stereocenters. The van der Waals surface area contributed by atoms with Crippen LogP contribution in [-0.4, -0.2) is 11.4 Å². The number of phenols is 1. The van der Waals surface area contributed by atoms with Gasteiger partial charge in [0.25, 0.3) is 0 Å². The van der Waals surface area contributed by atoms with Gasteiger partial charge >= 0.3 is 0 Å². The molecule has 1 aromatic carbocycles. The van der Waals surface area contributed by atoms with Crippen molar-refractivity contribution in [2.45, 2.75) is 38.0 Å². The van der Waals surface area contributed by atoms with Crippen LogP contribution in [0.15, 0.2) is 18.2 Å². The van der Waals surface area contributed by atoms with Crippen LogP contribution >= 0.6 is 0 Å². The third kappa shape index (κ3) is 2.04. The maximum atomic E-state index is 10.7. The summed E-state index contributed by atoms with van der Waals surface area (Å²) in [5.41, 5.74) is 1.37. The van der Waals surface area contributed by atoms with E-state index in [1.807, 2.05) is 12.1 Å². The summed E-state index contributed by atoms with van der Waals surface area (Å²) in [7, 11) is 0. The van der Waals surface area contributed by atoms with E-state index in [4.69, 9.17) is 0 Å². The van der Waals surface area contributed by atoms with Gasteiger partial charge in [-0.1, -0.05) is 31.4 Å². The van der Waals surface area contributed by atoms with Gasteiger partial charge in [-0.2, -0.15) is 0 Å². The molecule has 1 N–H and O–H groups in total. The standard InChI is InChI=1S/C13H16O2/c14-9-11-7-4-8-12(13(11)15)10-5-2-1-3-6-10/h4,7-10,15H,1-3,5-6H2. The summed E-state index contributed by atoms with van der Waals surface area (Å²) in [6.07, 6.45) is 6.75. The predicted molar refractivity (Wildman–Crippen MR) is 59.3 cm³/mol. The van der Waals surface area contributed by atoms with Crippen molar-refractivity contribution in [3.63, 3.8) is 0 Å². The van der Waals surface area contributed by atoms with Crippen LogP contribution in [0.4, 0.5) is 0 Å². The molecule has 1 saturated carbocycles. The van der Waals surface area contributed by atoms with Gasteiger partial charge in [0.15, 0.2) is 6.29 Å². The zero-order valence-electron chi connectivity index (χ0n) is 8.78. The zero-order chi connectivity index (χ0) is 10.7. The first-order valence-corrected chi connectivity index (χ1v) is 5.60. The Kier molecular flexibility index (Phi) is 3.05. The predicted octanol–water partition coefficient (Wildman–Crippen LogP) is 3.25. The maximum absolute atomic E-state index is 10.7. The van der Waals surface area contributed by atoms with Crippen molar-refractivity contribution in [3.05, 3.63) is 29.3 Å². The summed E-state index contributed by atoms with van der Waals surface area (Å²) in [5, 5.41) is 9.91. The van der Waals surface area contributed by atoms with E-state index < -0.39 is 0 Å². The highest BCUT2D eigenvalue weighted by molar-refractivity contribution is 5.80. The highest BCUT2D eigenvalue weighted by Crippen LogP contribution is 2.37. The minimum absolute atomic E-state index is 0.194. The van der Waals surface area contributed by atoms with E-state index in [1.165, 1.54) is 19.3 Å². The molecule has 0 radical (unpaired) electrons. The SMILES string of the molecule is O=Cc1cccc(C2CCCCC2)c1O. The highest BCUT2D eigenvalue weighted by Gasteiger charge is 2.19. The van der Waals surface area contributed by atoms with E-state index >= 15 is 0 Å². The smallest absolute Gasteiger partial charge is 0.153 e. The Morgan fingerprint density at radius 3 is 2.60 bits per heavy atom. The quantitative estimate of drug-likeness (QED) is 0.751. The molecule has 1 aromatic rings. The van der Waals surface area contributed by atoms with Crippen molar-refractivity contribution < 1.29 is 9.90 Å². The first-order chi connectivity index (χ1) is 7.33. The van der Waals surface area contributed by atoms with Crippen LogP contribution in [0.5, 0.6) is 5.75 Å². The Morgan fingerprint density at radius 2 is 1.93 bits per heavy atom. The normalized spacial score (nSPS) is 17.6. The molecule has 1 aliphatic carbocycles. The summed E-state index contributed by atoms with van der Waals surface area (Å²) in [5.74, 6) is 0.637. The molecule has 0 heterocycles. The third-order valence-corrected chi connectivity index (χ3v) is 3.27. The van der Waals surface area contributed by atoms with Gasteiger partial charge < -0.3 is 5.11 Å². The van der Waals surface area contributed by atoms with E-state index in [-0.39, 0.29) is 5.75 Å². The average Bonchev–Trinajstić information content (AvgIpc) is 2.30. The second-order valence-corrected chi connectivity index (χ2v) is 4.24. The molecule has 0 amide bonds. The Balaban J connectivity index is 2.30. The third-order valence-electron chi connectivity index (χ3n) is 3.27. The van der Waals surface area contributed by atoms with Gasteiger partial charge in [-0.25, -0.2) is 0 Å². The summed E-state index contributed by atoms with van der Waals surface area (Å²) < 4.78 is 0. The molecule has 2 nitrogen and oxygen atoms in total. The van der Waals surface area contributed by atoms with Crippen molar-refractivity contribution in [1.82, 2.24) is 0 Å². The summed E-state index contributed by atoms with van der Waals surface area (Å²) in [4.78, 5) is 10.7. The van der Waals surface area contributed by atoms with Crippen LogP contribution < -0.4 is 0 Å². The number of aromatic hydroxyl groups is 1. The van der Waals surface area contributed by atoms with E-state index in [0.29, 0.717) is 11.5 Å². The topological polar surface area (TPSA) is 37.3 Å². The lowest BCUT2D eigenvalue weighted by molar-refractivity contribution is 0.112. The Hall–Kier alpha value is -1.31. The average molecular weight is 204 g/mol. The van der Waals surface area contributed by atoms with Gasteiger partial charge in [-0.3, -0.25) is 4.79 Å². The lowest BCUT2D eigenvalue weighted by Gasteiger charge is -2.23. The number of hydrogen-bond acceptors (Lipinski definition) is 2. The number of carbonyl (C=O) groups is 1. The van der Waals surface area contributed by atoms with E-state index in [2.05, 4.69) is 0 Å². The molecule has 0 aliphatic heterocycles. The Bertz CT molecular complexity index is 352. The van der Waals surface area contributed by atoms with Crippen LogP contribution in [0.2, 0.25) is 0 Å². The fraction of sp³-hybridized carbons (Fsp3) is 0.462. The number of hydrogen-bond donors (Lipinski definition) is 1. The zero-order valence-corrected chi connectivity index (χ0v) is 8.78. The lowest BCUT2D eigenvalue weighted by Crippen LogP contribution is -2.05. The van der Waals surface area contributed by atoms with Crippen LogP contribution in [0.1, 0.15) is 53.9 Å². The first kappa shape index (κ1) is 10.2. The van der Waals surface area contributed by atoms with Crippen molar-refractivity contribution in [2.75, 3.05) is 0 Å². The van der Waals surface area contributed by atoms with Crippen molar-refractivity contribution in [2.24, 2.45) is 0 Å². The van der Waals surface area contributed by atoms with Gasteiger partial charge in [-0.15, -0.1) is 0 Å². The second-order valence-electron chi connectivity index (χ2n) is 4.24. The molecule has 0 spiro atoms. The van der Waals surface area contributed by atoms with Gasteiger partial charge in [-0.05, 0) is 30.4 Å². The van der Waals surface area contributed by atoms with Crippen molar-refractivity contribution in [1.29, 1.82) is 0 Å². The number of rotatable bonds is 2. The Labute approximate surface area is 89.9 Å². The summed E-state index contributed by atoms with van der Waals surface area (Å²) in [6, 6.07) is 5.46. The number of phenolic OH excluding ortho intramolecular Hbond substituents is 1. The van der Waals surface area contributed by atoms with Crippen molar-refractivity contribution in [3.8, 4) is 5.75 Å². The van der Waals surface area contributed by atoms with E-state index in [1.54, 1.807) is 6.07 Å². The molecular formula is C13H16O2. The maximum Gasteiger partial charge on any atom is 0.153 e. The monoisotopic (exact) mass is 204 g/mol. The van der Waals surface area contributed by atoms with Gasteiger partial charge in [0.1, 0.15) is 5.75 Å². The molecular weight excluding hydrogens is 188 g/mol. The minimum Gasteiger partial charge on any atom is -0.507 e. The number of benzene rings is 1. The molecule has 0 saturated heterocycles. The molecule has 2 rings (SSSR count). The molecule has 80 valence electrons. The van der Waals surface area contributed by atoms with Crippen LogP contribution in [0, 0.1) is 0 Å². The molecule has 0 bridgehead atoms. The van der Waals surface area contributed by atoms with Crippen LogP contribution in [0.3, 0.4) is 0 Å². The fourth-order valence-corrected chi connectivity index (χ4v) is 2.42. The molecule has 1 aliphatic rings. The van der Waals surface area contributed by atoms with Gasteiger partial charge in [0.05, 0.1) is 5.56 Å². The molecule has 15 heavy (non-hydrogen) atoms. The van der Waals surface area contributed by atoms with E-state index in [0.717, 1.165) is 24.7 Å². The summed E-state index contributed by atoms with van der Waals surface area (Å²) >= 11 is 0. The van der Waals surface area contributed by atoms with Crippen LogP contribution in [0.25, 0.3) is 0 Å². The van der Waals surface area contributed by atoms with Gasteiger partial charge in [0.2, 0.25) is 0 Å². The first-order valence-electron chi connectivity index (χ1n) is 5.60. The lowest BCUT2D eigenvalue weighted by atomic mass is 9.83. The molecule has 2 heteroatoms. The largest absolute Gasteiger partial charge is 0.507 e. The fourth-order valence-electron chi connectivity index (χ4n) is 2.42. The number of aldehydes is 1. The van der Waals surface area contributed by atoms with E-state index in [9.17, 15) is 9.90 Å². The second kappa shape index (κ2) is 4.47. The molecule has 1 fully saturated rings. The van der Waals surface area contributed by atoms with Crippen LogP contribution in [-0.2, 0) is 0 Å². The molecule has 0 aromatic heterocycles. The van der Waals surface area contributed by atoms with Crippen molar-refractivity contribution >= 4 is 6.29 Å². The highest BCUT2D eigenvalue weighted by atomic mass is 16.3. The Morgan fingerprint density at radius 1 is 1.20 bits per heavy atom. The number of carbonyl (C=O) groups excluding carboxylic acids is 1. The summed E-state index contributed by atoms with van der Waals surface area (Å²) in [6.45, 7) is 0. The minimum atomic E-state index is 0.194. The number of para-hydroxylation sites is 1. The molecule has 0 atom stereocenters.